The molecule has 0 saturated heterocycles. The minimum absolute atomic E-state index is 0.563. The van der Waals surface area contributed by atoms with E-state index < -0.39 is 0 Å². The lowest BCUT2D eigenvalue weighted by atomic mass is 9.89. The molecular formula is C35H26. The molecule has 1 aliphatic rings. The lowest BCUT2D eigenvalue weighted by Gasteiger charge is -2.15. The maximum absolute atomic E-state index is 2.52. The molecule has 166 valence electrons. The Kier molecular flexibility index (Phi) is 3.67. The molecule has 0 bridgehead atoms. The van der Waals surface area contributed by atoms with Gasteiger partial charge in [-0.3, -0.25) is 0 Å². The summed E-state index contributed by atoms with van der Waals surface area (Å²) in [5, 5.41) is 15.7. The predicted octanol–water partition coefficient (Wildman–Crippen LogP) is 9.18. The van der Waals surface area contributed by atoms with Crippen molar-refractivity contribution in [1.29, 1.82) is 0 Å². The first-order valence-electron chi connectivity index (χ1n) is 12.8. The number of fused-ring (bicyclic) bond motifs is 6. The number of benzene rings is 5. The molecule has 0 heteroatoms. The van der Waals surface area contributed by atoms with Crippen molar-refractivity contribution in [3.05, 3.63) is 101 Å². The second-order valence-electron chi connectivity index (χ2n) is 10.5. The van der Waals surface area contributed by atoms with Crippen LogP contribution in [0.15, 0.2) is 78.9 Å². The Balaban J connectivity index is 1.78. The molecule has 0 spiro atoms. The summed E-state index contributed by atoms with van der Waals surface area (Å²) in [6.07, 6.45) is 3.63. The summed E-state index contributed by atoms with van der Waals surface area (Å²) in [7, 11) is 0. The van der Waals surface area contributed by atoms with E-state index in [1.54, 1.807) is 0 Å². The average Bonchev–Trinajstić information content (AvgIpc) is 3.40. The Bertz CT molecular complexity index is 2040. The molecule has 8 rings (SSSR count). The highest BCUT2D eigenvalue weighted by Gasteiger charge is 2.26. The first-order chi connectivity index (χ1) is 17.1. The van der Waals surface area contributed by atoms with Crippen LogP contribution in [0.3, 0.4) is 0 Å². The smallest absolute Gasteiger partial charge is 0.00108 e. The molecule has 0 radical (unpaired) electrons. The van der Waals surface area contributed by atoms with Gasteiger partial charge >= 0.3 is 0 Å². The fraction of sp³-hybridized carbons (Fsp3) is 0.143. The zero-order chi connectivity index (χ0) is 23.4. The fourth-order valence-corrected chi connectivity index (χ4v) is 7.19. The van der Waals surface area contributed by atoms with E-state index in [-0.39, 0.29) is 0 Å². The molecule has 0 N–H and O–H groups in total. The van der Waals surface area contributed by atoms with Gasteiger partial charge in [0.15, 0.2) is 0 Å². The summed E-state index contributed by atoms with van der Waals surface area (Å²) in [6, 6.07) is 29.6. The third-order valence-corrected chi connectivity index (χ3v) is 8.72. The lowest BCUT2D eigenvalue weighted by Crippen LogP contribution is -2.09. The Hall–Kier alpha value is -3.90. The number of hydrogen-bond acceptors (Lipinski definition) is 0. The summed E-state index contributed by atoms with van der Waals surface area (Å²) < 4.78 is 0. The Labute approximate surface area is 204 Å². The minimum atomic E-state index is 0.563. The molecule has 0 aliphatic heterocycles. The van der Waals surface area contributed by atoms with Gasteiger partial charge in [0.05, 0.1) is 0 Å². The van der Waals surface area contributed by atoms with Crippen LogP contribution in [-0.2, 0) is 0 Å². The largest absolute Gasteiger partial charge is 0.0754 e. The third-order valence-electron chi connectivity index (χ3n) is 8.72. The SMILES string of the molecule is Cc1ccc2c3c(-c4ccccc4)c4c(c(C)c3c3cccc1c32)c1c2c(cccc24)C(C)CC=1. The molecule has 0 amide bonds. The zero-order valence-electron chi connectivity index (χ0n) is 20.4. The third kappa shape index (κ3) is 2.28. The van der Waals surface area contributed by atoms with E-state index in [1.807, 2.05) is 0 Å². The van der Waals surface area contributed by atoms with Gasteiger partial charge in [-0.05, 0) is 113 Å². The standard InChI is InChI=1S/C35H26/c1-19-15-17-27-30-21(3)29-25-13-7-11-23-20(2)16-18-28(32(23)25)35(29)31(22-9-5-4-6-10-22)34(30)26-14-8-12-24(19)33(26)27/h4-14,16-19H,15H2,1-3H3. The van der Waals surface area contributed by atoms with Crippen LogP contribution in [0.4, 0.5) is 0 Å². The maximum Gasteiger partial charge on any atom is -0.00108 e. The van der Waals surface area contributed by atoms with E-state index in [4.69, 9.17) is 0 Å². The van der Waals surface area contributed by atoms with Crippen LogP contribution < -0.4 is 5.22 Å². The second kappa shape index (κ2) is 6.61. The predicted molar refractivity (Wildman–Crippen MR) is 153 cm³/mol. The van der Waals surface area contributed by atoms with Crippen LogP contribution in [0.5, 0.6) is 0 Å². The Morgan fingerprint density at radius 1 is 0.571 bits per heavy atom. The molecule has 0 aromatic heterocycles. The topological polar surface area (TPSA) is 0 Å². The van der Waals surface area contributed by atoms with Crippen LogP contribution in [-0.4, -0.2) is 0 Å². The van der Waals surface area contributed by atoms with E-state index in [0.29, 0.717) is 5.92 Å². The van der Waals surface area contributed by atoms with Gasteiger partial charge in [0.1, 0.15) is 0 Å². The second-order valence-corrected chi connectivity index (χ2v) is 10.5. The van der Waals surface area contributed by atoms with Gasteiger partial charge in [-0.25, -0.2) is 0 Å². The zero-order valence-corrected chi connectivity index (χ0v) is 20.4. The van der Waals surface area contributed by atoms with Crippen molar-refractivity contribution in [3.8, 4) is 11.1 Å². The average molecular weight is 447 g/mol. The van der Waals surface area contributed by atoms with E-state index in [9.17, 15) is 0 Å². The quantitative estimate of drug-likeness (QED) is 0.236. The van der Waals surface area contributed by atoms with Gasteiger partial charge < -0.3 is 0 Å². The monoisotopic (exact) mass is 446 g/mol. The molecule has 1 unspecified atom stereocenters. The van der Waals surface area contributed by atoms with Crippen molar-refractivity contribution in [1.82, 2.24) is 0 Å². The van der Waals surface area contributed by atoms with Crippen molar-refractivity contribution < 1.29 is 0 Å². The van der Waals surface area contributed by atoms with Crippen LogP contribution in [0.2, 0.25) is 0 Å². The molecule has 0 fully saturated rings. The summed E-state index contributed by atoms with van der Waals surface area (Å²) in [6.45, 7) is 6.98. The van der Waals surface area contributed by atoms with Crippen LogP contribution >= 0.6 is 0 Å². The minimum Gasteiger partial charge on any atom is -0.0754 e. The molecule has 7 aromatic rings. The molecule has 1 aliphatic carbocycles. The van der Waals surface area contributed by atoms with Crippen molar-refractivity contribution >= 4 is 59.9 Å². The van der Waals surface area contributed by atoms with Crippen LogP contribution in [0, 0.1) is 13.8 Å². The summed E-state index contributed by atoms with van der Waals surface area (Å²) in [4.78, 5) is 0. The lowest BCUT2D eigenvalue weighted by molar-refractivity contribution is 0.804. The molecule has 7 aromatic carbocycles. The number of rotatable bonds is 1. The van der Waals surface area contributed by atoms with Gasteiger partial charge in [-0.2, -0.15) is 0 Å². The normalized spacial score (nSPS) is 15.7. The highest BCUT2D eigenvalue weighted by Crippen LogP contribution is 2.50. The van der Waals surface area contributed by atoms with E-state index in [1.165, 1.54) is 86.9 Å². The Morgan fingerprint density at radius 2 is 1.26 bits per heavy atom. The summed E-state index contributed by atoms with van der Waals surface area (Å²) >= 11 is 0. The molecule has 0 nitrogen and oxygen atoms in total. The highest BCUT2D eigenvalue weighted by molar-refractivity contribution is 6.39. The fourth-order valence-electron chi connectivity index (χ4n) is 7.19. The molecule has 1 atom stereocenters. The molecular weight excluding hydrogens is 420 g/mol. The van der Waals surface area contributed by atoms with Gasteiger partial charge in [0, 0.05) is 0 Å². The number of hydrogen-bond donors (Lipinski definition) is 0. The van der Waals surface area contributed by atoms with Crippen molar-refractivity contribution in [2.45, 2.75) is 33.1 Å². The van der Waals surface area contributed by atoms with E-state index >= 15 is 0 Å². The van der Waals surface area contributed by atoms with Crippen LogP contribution in [0.25, 0.3) is 71.1 Å². The first-order valence-corrected chi connectivity index (χ1v) is 12.8. The molecule has 35 heavy (non-hydrogen) atoms. The van der Waals surface area contributed by atoms with E-state index in [2.05, 4.69) is 106 Å². The van der Waals surface area contributed by atoms with Crippen LogP contribution in [0.1, 0.15) is 36.0 Å². The highest BCUT2D eigenvalue weighted by atomic mass is 14.3. The van der Waals surface area contributed by atoms with Gasteiger partial charge in [-0.1, -0.05) is 91.9 Å². The summed E-state index contributed by atoms with van der Waals surface area (Å²) in [5.74, 6) is 0.563. The van der Waals surface area contributed by atoms with Crippen molar-refractivity contribution in [3.63, 3.8) is 0 Å². The van der Waals surface area contributed by atoms with E-state index in [0.717, 1.165) is 6.42 Å². The maximum atomic E-state index is 2.52. The first kappa shape index (κ1) is 19.4. The summed E-state index contributed by atoms with van der Waals surface area (Å²) in [5.41, 5.74) is 7.00. The van der Waals surface area contributed by atoms with Gasteiger partial charge in [0.25, 0.3) is 0 Å². The van der Waals surface area contributed by atoms with Crippen molar-refractivity contribution in [2.75, 3.05) is 0 Å². The molecule has 0 saturated carbocycles. The Morgan fingerprint density at radius 3 is 2.09 bits per heavy atom. The van der Waals surface area contributed by atoms with Gasteiger partial charge in [-0.15, -0.1) is 0 Å². The number of aryl methyl sites for hydroxylation is 2. The van der Waals surface area contributed by atoms with Gasteiger partial charge in [0.2, 0.25) is 0 Å². The molecule has 0 heterocycles. The van der Waals surface area contributed by atoms with Crippen molar-refractivity contribution in [2.24, 2.45) is 0 Å².